The summed E-state index contributed by atoms with van der Waals surface area (Å²) in [5.41, 5.74) is 2.42. The summed E-state index contributed by atoms with van der Waals surface area (Å²) in [6.07, 6.45) is 3.59. The average molecular weight is 280 g/mol. The summed E-state index contributed by atoms with van der Waals surface area (Å²) in [4.78, 5) is 16.7. The number of amides is 1. The SMILES string of the molecule is CCCc1cc(NC(=O)c2ccnc3ccccc23)n[nH]1. The number of nitrogens with one attached hydrogen (secondary N) is 2. The van der Waals surface area contributed by atoms with Crippen LogP contribution < -0.4 is 5.32 Å². The number of carbonyl (C=O) groups is 1. The van der Waals surface area contributed by atoms with E-state index >= 15 is 0 Å². The summed E-state index contributed by atoms with van der Waals surface area (Å²) in [5, 5.41) is 10.7. The zero-order valence-electron chi connectivity index (χ0n) is 11.8. The van der Waals surface area contributed by atoms with Gasteiger partial charge in [-0.15, -0.1) is 0 Å². The topological polar surface area (TPSA) is 70.7 Å². The molecule has 106 valence electrons. The number of para-hydroxylation sites is 1. The molecule has 5 heteroatoms. The number of fused-ring (bicyclic) bond motifs is 1. The van der Waals surface area contributed by atoms with E-state index in [9.17, 15) is 4.79 Å². The van der Waals surface area contributed by atoms with Gasteiger partial charge in [0, 0.05) is 23.3 Å². The van der Waals surface area contributed by atoms with E-state index in [-0.39, 0.29) is 5.91 Å². The lowest BCUT2D eigenvalue weighted by molar-refractivity contribution is 0.102. The largest absolute Gasteiger partial charge is 0.305 e. The van der Waals surface area contributed by atoms with Gasteiger partial charge < -0.3 is 5.32 Å². The number of aryl methyl sites for hydroxylation is 1. The highest BCUT2D eigenvalue weighted by Crippen LogP contribution is 2.17. The maximum atomic E-state index is 12.4. The Morgan fingerprint density at radius 2 is 2.14 bits per heavy atom. The molecule has 5 nitrogen and oxygen atoms in total. The molecule has 3 aromatic rings. The summed E-state index contributed by atoms with van der Waals surface area (Å²) in [7, 11) is 0. The van der Waals surface area contributed by atoms with Gasteiger partial charge in [-0.2, -0.15) is 5.10 Å². The van der Waals surface area contributed by atoms with Crippen molar-refractivity contribution in [3.05, 3.63) is 53.9 Å². The predicted octanol–water partition coefficient (Wildman–Crippen LogP) is 3.16. The van der Waals surface area contributed by atoms with Crippen molar-refractivity contribution in [1.82, 2.24) is 15.2 Å². The number of rotatable bonds is 4. The first-order valence-electron chi connectivity index (χ1n) is 6.97. The maximum absolute atomic E-state index is 12.4. The Labute approximate surface area is 122 Å². The molecular weight excluding hydrogens is 264 g/mol. The fraction of sp³-hybridized carbons (Fsp3) is 0.188. The fourth-order valence-electron chi connectivity index (χ4n) is 2.30. The Kier molecular flexibility index (Phi) is 3.64. The molecule has 0 aliphatic heterocycles. The second-order valence-electron chi connectivity index (χ2n) is 4.86. The Hall–Kier alpha value is -2.69. The highest BCUT2D eigenvalue weighted by molar-refractivity contribution is 6.11. The van der Waals surface area contributed by atoms with Crippen LogP contribution in [0, 0.1) is 0 Å². The first kappa shape index (κ1) is 13.3. The highest BCUT2D eigenvalue weighted by atomic mass is 16.1. The van der Waals surface area contributed by atoms with Crippen LogP contribution in [0.4, 0.5) is 5.82 Å². The van der Waals surface area contributed by atoms with Gasteiger partial charge in [0.1, 0.15) is 0 Å². The molecule has 0 radical (unpaired) electrons. The minimum atomic E-state index is -0.178. The molecular formula is C16H16N4O. The Morgan fingerprint density at radius 1 is 1.29 bits per heavy atom. The number of hydrogen-bond acceptors (Lipinski definition) is 3. The number of carbonyl (C=O) groups excluding carboxylic acids is 1. The summed E-state index contributed by atoms with van der Waals surface area (Å²) in [6.45, 7) is 2.10. The van der Waals surface area contributed by atoms with Crippen LogP contribution in [0.2, 0.25) is 0 Å². The second-order valence-corrected chi connectivity index (χ2v) is 4.86. The molecule has 0 unspecified atom stereocenters. The molecule has 2 heterocycles. The van der Waals surface area contributed by atoms with Crippen LogP contribution in [0.3, 0.4) is 0 Å². The quantitative estimate of drug-likeness (QED) is 0.771. The molecule has 0 saturated carbocycles. The van der Waals surface area contributed by atoms with Crippen LogP contribution >= 0.6 is 0 Å². The standard InChI is InChI=1S/C16H16N4O/c1-2-5-11-10-15(20-19-11)18-16(21)13-8-9-17-14-7-4-3-6-12(13)14/h3-4,6-10H,2,5H2,1H3,(H2,18,19,20,21). The molecule has 21 heavy (non-hydrogen) atoms. The lowest BCUT2D eigenvalue weighted by atomic mass is 10.1. The molecule has 0 aliphatic rings. The van der Waals surface area contributed by atoms with Crippen molar-refractivity contribution in [2.24, 2.45) is 0 Å². The van der Waals surface area contributed by atoms with Crippen molar-refractivity contribution in [2.75, 3.05) is 5.32 Å². The molecule has 0 fully saturated rings. The van der Waals surface area contributed by atoms with Crippen molar-refractivity contribution in [3.8, 4) is 0 Å². The zero-order valence-corrected chi connectivity index (χ0v) is 11.8. The minimum absolute atomic E-state index is 0.178. The number of anilines is 1. The molecule has 3 rings (SSSR count). The Balaban J connectivity index is 1.86. The summed E-state index contributed by atoms with van der Waals surface area (Å²) in [6, 6.07) is 11.2. The fourth-order valence-corrected chi connectivity index (χ4v) is 2.30. The smallest absolute Gasteiger partial charge is 0.257 e. The molecule has 1 aromatic carbocycles. The molecule has 2 N–H and O–H groups in total. The average Bonchev–Trinajstić information content (AvgIpc) is 2.94. The van der Waals surface area contributed by atoms with Crippen LogP contribution in [0.25, 0.3) is 10.9 Å². The van der Waals surface area contributed by atoms with E-state index in [1.165, 1.54) is 0 Å². The molecule has 2 aromatic heterocycles. The van der Waals surface area contributed by atoms with Crippen molar-refractivity contribution in [3.63, 3.8) is 0 Å². The van der Waals surface area contributed by atoms with Crippen LogP contribution in [-0.4, -0.2) is 21.1 Å². The first-order valence-corrected chi connectivity index (χ1v) is 6.97. The summed E-state index contributed by atoms with van der Waals surface area (Å²) in [5.74, 6) is 0.368. The number of aromatic amines is 1. The van der Waals surface area contributed by atoms with E-state index in [0.29, 0.717) is 11.4 Å². The van der Waals surface area contributed by atoms with E-state index < -0.39 is 0 Å². The normalized spacial score (nSPS) is 10.7. The lowest BCUT2D eigenvalue weighted by Gasteiger charge is -2.05. The lowest BCUT2D eigenvalue weighted by Crippen LogP contribution is -2.12. The number of pyridine rings is 1. The molecule has 0 bridgehead atoms. The number of H-pyrrole nitrogens is 1. The van der Waals surface area contributed by atoms with Crippen molar-refractivity contribution < 1.29 is 4.79 Å². The number of benzene rings is 1. The Morgan fingerprint density at radius 3 is 3.00 bits per heavy atom. The van der Waals surface area contributed by atoms with Gasteiger partial charge in [-0.1, -0.05) is 31.5 Å². The molecule has 1 amide bonds. The van der Waals surface area contributed by atoms with Crippen LogP contribution in [0.15, 0.2) is 42.6 Å². The van der Waals surface area contributed by atoms with E-state index in [2.05, 4.69) is 27.4 Å². The molecule has 0 spiro atoms. The molecule has 0 saturated heterocycles. The third-order valence-electron chi connectivity index (χ3n) is 3.29. The minimum Gasteiger partial charge on any atom is -0.305 e. The third-order valence-corrected chi connectivity index (χ3v) is 3.29. The van der Waals surface area contributed by atoms with Gasteiger partial charge in [0.2, 0.25) is 0 Å². The monoisotopic (exact) mass is 280 g/mol. The van der Waals surface area contributed by atoms with Crippen molar-refractivity contribution in [2.45, 2.75) is 19.8 Å². The third kappa shape index (κ3) is 2.76. The van der Waals surface area contributed by atoms with Crippen LogP contribution in [-0.2, 0) is 6.42 Å². The number of nitrogens with zero attached hydrogens (tertiary/aromatic N) is 2. The molecule has 0 atom stereocenters. The van der Waals surface area contributed by atoms with E-state index in [1.807, 2.05) is 30.3 Å². The molecule has 0 aliphatic carbocycles. The first-order chi connectivity index (χ1) is 10.3. The van der Waals surface area contributed by atoms with Gasteiger partial charge in [-0.3, -0.25) is 14.9 Å². The van der Waals surface area contributed by atoms with E-state index in [4.69, 9.17) is 0 Å². The highest BCUT2D eigenvalue weighted by Gasteiger charge is 2.12. The predicted molar refractivity (Wildman–Crippen MR) is 82.3 cm³/mol. The van der Waals surface area contributed by atoms with Crippen LogP contribution in [0.1, 0.15) is 29.4 Å². The van der Waals surface area contributed by atoms with Crippen molar-refractivity contribution in [1.29, 1.82) is 0 Å². The Bertz CT molecular complexity index is 773. The van der Waals surface area contributed by atoms with Crippen LogP contribution in [0.5, 0.6) is 0 Å². The summed E-state index contributed by atoms with van der Waals surface area (Å²) < 4.78 is 0. The van der Waals surface area contributed by atoms with Gasteiger partial charge in [0.15, 0.2) is 5.82 Å². The maximum Gasteiger partial charge on any atom is 0.257 e. The van der Waals surface area contributed by atoms with Gasteiger partial charge >= 0.3 is 0 Å². The van der Waals surface area contributed by atoms with Gasteiger partial charge in [0.25, 0.3) is 5.91 Å². The summed E-state index contributed by atoms with van der Waals surface area (Å²) >= 11 is 0. The van der Waals surface area contributed by atoms with Gasteiger partial charge in [0.05, 0.1) is 11.1 Å². The second kappa shape index (κ2) is 5.75. The van der Waals surface area contributed by atoms with E-state index in [0.717, 1.165) is 29.4 Å². The number of hydrogen-bond donors (Lipinski definition) is 2. The van der Waals surface area contributed by atoms with Gasteiger partial charge in [-0.05, 0) is 18.6 Å². The number of aromatic nitrogens is 3. The van der Waals surface area contributed by atoms with Crippen molar-refractivity contribution >= 4 is 22.6 Å². The van der Waals surface area contributed by atoms with E-state index in [1.54, 1.807) is 12.3 Å². The van der Waals surface area contributed by atoms with Gasteiger partial charge in [-0.25, -0.2) is 0 Å². The zero-order chi connectivity index (χ0) is 14.7.